The normalized spacial score (nSPS) is 19.3. The summed E-state index contributed by atoms with van der Waals surface area (Å²) in [5, 5.41) is 9.31. The Labute approximate surface area is 113 Å². The van der Waals surface area contributed by atoms with Gasteiger partial charge in [0, 0.05) is 28.7 Å². The van der Waals surface area contributed by atoms with Gasteiger partial charge < -0.3 is 15.7 Å². The molecule has 1 aromatic carbocycles. The lowest BCUT2D eigenvalue weighted by atomic mass is 10.1. The molecule has 1 fully saturated rings. The van der Waals surface area contributed by atoms with E-state index in [0.717, 1.165) is 4.47 Å². The highest BCUT2D eigenvalue weighted by Crippen LogP contribution is 2.30. The predicted octanol–water partition coefficient (Wildman–Crippen LogP) is 0.780. The lowest BCUT2D eigenvalue weighted by molar-refractivity contribution is -0.123. The van der Waals surface area contributed by atoms with Crippen LogP contribution < -0.4 is 10.6 Å². The molecular formula is C12H13BrN2O3. The fraction of sp³-hybridized carbons (Fsp3) is 0.333. The summed E-state index contributed by atoms with van der Waals surface area (Å²) in [5.74, 6) is -1.06. The second-order valence-electron chi connectivity index (χ2n) is 4.24. The first-order valence-electron chi connectivity index (χ1n) is 5.52. The second-order valence-corrected chi connectivity index (χ2v) is 5.15. The number of hydrogen-bond donors (Lipinski definition) is 2. The zero-order valence-electron chi connectivity index (χ0n) is 9.60. The summed E-state index contributed by atoms with van der Waals surface area (Å²) in [7, 11) is 0. The quantitative estimate of drug-likeness (QED) is 0.865. The SMILES string of the molecule is NC(=O)C1CC(=O)N(c2ccc(Br)cc2CO)C1. The third-order valence-corrected chi connectivity index (χ3v) is 3.52. The number of benzene rings is 1. The van der Waals surface area contributed by atoms with Crippen molar-refractivity contribution in [2.45, 2.75) is 13.0 Å². The van der Waals surface area contributed by atoms with Gasteiger partial charge in [0.2, 0.25) is 11.8 Å². The van der Waals surface area contributed by atoms with Gasteiger partial charge in [0.05, 0.1) is 12.5 Å². The molecule has 1 aliphatic heterocycles. The highest BCUT2D eigenvalue weighted by atomic mass is 79.9. The van der Waals surface area contributed by atoms with E-state index >= 15 is 0 Å². The third kappa shape index (κ3) is 2.39. The molecule has 3 N–H and O–H groups in total. The van der Waals surface area contributed by atoms with E-state index in [0.29, 0.717) is 11.3 Å². The number of primary amides is 1. The van der Waals surface area contributed by atoms with Gasteiger partial charge in [-0.3, -0.25) is 9.59 Å². The number of anilines is 1. The van der Waals surface area contributed by atoms with E-state index in [2.05, 4.69) is 15.9 Å². The Balaban J connectivity index is 2.32. The van der Waals surface area contributed by atoms with Crippen LogP contribution in [0.1, 0.15) is 12.0 Å². The van der Waals surface area contributed by atoms with Crippen LogP contribution in [0.25, 0.3) is 0 Å². The fourth-order valence-corrected chi connectivity index (χ4v) is 2.48. The van der Waals surface area contributed by atoms with Crippen molar-refractivity contribution in [1.82, 2.24) is 0 Å². The standard InChI is InChI=1S/C12H13BrN2O3/c13-9-1-2-10(8(3-9)6-16)15-5-7(12(14)18)4-11(15)17/h1-3,7,16H,4-6H2,(H2,14,18). The minimum absolute atomic E-state index is 0.135. The number of amides is 2. The van der Waals surface area contributed by atoms with E-state index in [1.54, 1.807) is 18.2 Å². The van der Waals surface area contributed by atoms with E-state index in [1.807, 2.05) is 0 Å². The Kier molecular flexibility index (Phi) is 3.68. The van der Waals surface area contributed by atoms with Gasteiger partial charge in [-0.05, 0) is 18.2 Å². The summed E-state index contributed by atoms with van der Waals surface area (Å²) in [6.45, 7) is 0.114. The molecular weight excluding hydrogens is 300 g/mol. The van der Waals surface area contributed by atoms with E-state index in [9.17, 15) is 14.7 Å². The van der Waals surface area contributed by atoms with Crippen molar-refractivity contribution >= 4 is 33.4 Å². The van der Waals surface area contributed by atoms with Gasteiger partial charge in [-0.1, -0.05) is 15.9 Å². The van der Waals surface area contributed by atoms with Gasteiger partial charge >= 0.3 is 0 Å². The largest absolute Gasteiger partial charge is 0.392 e. The maximum absolute atomic E-state index is 11.9. The van der Waals surface area contributed by atoms with Crippen molar-refractivity contribution in [1.29, 1.82) is 0 Å². The molecule has 0 radical (unpaired) electrons. The fourth-order valence-electron chi connectivity index (χ4n) is 2.08. The Morgan fingerprint density at radius 2 is 2.28 bits per heavy atom. The summed E-state index contributed by atoms with van der Waals surface area (Å²) in [4.78, 5) is 24.5. The minimum Gasteiger partial charge on any atom is -0.392 e. The van der Waals surface area contributed by atoms with Crippen molar-refractivity contribution in [3.63, 3.8) is 0 Å². The minimum atomic E-state index is -0.464. The van der Waals surface area contributed by atoms with Crippen molar-refractivity contribution < 1.29 is 14.7 Å². The number of aliphatic hydroxyl groups is 1. The Hall–Kier alpha value is -1.40. The zero-order valence-corrected chi connectivity index (χ0v) is 11.2. The molecule has 0 aromatic heterocycles. The van der Waals surface area contributed by atoms with Crippen LogP contribution in [-0.2, 0) is 16.2 Å². The number of carbonyl (C=O) groups excluding carboxylic acids is 2. The number of hydrogen-bond acceptors (Lipinski definition) is 3. The lowest BCUT2D eigenvalue weighted by Crippen LogP contribution is -2.29. The third-order valence-electron chi connectivity index (χ3n) is 3.03. The maximum atomic E-state index is 11.9. The van der Waals surface area contributed by atoms with E-state index in [-0.39, 0.29) is 25.5 Å². The van der Waals surface area contributed by atoms with E-state index in [4.69, 9.17) is 5.73 Å². The van der Waals surface area contributed by atoms with Crippen molar-refractivity contribution in [3.8, 4) is 0 Å². The first-order chi connectivity index (χ1) is 8.52. The first-order valence-corrected chi connectivity index (χ1v) is 6.31. The molecule has 1 unspecified atom stereocenters. The van der Waals surface area contributed by atoms with Crippen molar-refractivity contribution in [2.24, 2.45) is 11.7 Å². The molecule has 0 aliphatic carbocycles. The van der Waals surface area contributed by atoms with Crippen LogP contribution in [0, 0.1) is 5.92 Å². The van der Waals surface area contributed by atoms with Crippen molar-refractivity contribution in [3.05, 3.63) is 28.2 Å². The number of aliphatic hydroxyl groups excluding tert-OH is 1. The van der Waals surface area contributed by atoms with Crippen molar-refractivity contribution in [2.75, 3.05) is 11.4 Å². The van der Waals surface area contributed by atoms with Gasteiger partial charge in [0.25, 0.3) is 0 Å². The highest BCUT2D eigenvalue weighted by molar-refractivity contribution is 9.10. The van der Waals surface area contributed by atoms with Crippen LogP contribution in [0.2, 0.25) is 0 Å². The Bertz CT molecular complexity index is 504. The predicted molar refractivity (Wildman–Crippen MR) is 69.7 cm³/mol. The maximum Gasteiger partial charge on any atom is 0.227 e. The summed E-state index contributed by atoms with van der Waals surface area (Å²) in [5.41, 5.74) is 6.50. The molecule has 2 rings (SSSR count). The molecule has 18 heavy (non-hydrogen) atoms. The number of nitrogens with two attached hydrogens (primary N) is 1. The topological polar surface area (TPSA) is 83.6 Å². The molecule has 0 saturated carbocycles. The summed E-state index contributed by atoms with van der Waals surface area (Å²) in [6.07, 6.45) is 0.135. The molecule has 1 aliphatic rings. The summed E-state index contributed by atoms with van der Waals surface area (Å²) < 4.78 is 0.827. The molecule has 1 heterocycles. The zero-order chi connectivity index (χ0) is 13.3. The van der Waals surface area contributed by atoms with Gasteiger partial charge in [-0.2, -0.15) is 0 Å². The van der Waals surface area contributed by atoms with Crippen LogP contribution in [0.15, 0.2) is 22.7 Å². The van der Waals surface area contributed by atoms with Crippen LogP contribution in [0.5, 0.6) is 0 Å². The van der Waals surface area contributed by atoms with E-state index < -0.39 is 11.8 Å². The molecule has 5 nitrogen and oxygen atoms in total. The van der Waals surface area contributed by atoms with Crippen LogP contribution >= 0.6 is 15.9 Å². The van der Waals surface area contributed by atoms with Gasteiger partial charge in [0.1, 0.15) is 0 Å². The number of halogens is 1. The number of rotatable bonds is 3. The van der Waals surface area contributed by atoms with Gasteiger partial charge in [-0.25, -0.2) is 0 Å². The molecule has 96 valence electrons. The molecule has 0 bridgehead atoms. The average Bonchev–Trinajstić information content (AvgIpc) is 2.71. The van der Waals surface area contributed by atoms with Crippen LogP contribution in [0.3, 0.4) is 0 Å². The smallest absolute Gasteiger partial charge is 0.227 e. The highest BCUT2D eigenvalue weighted by Gasteiger charge is 2.34. The van der Waals surface area contributed by atoms with Gasteiger partial charge in [-0.15, -0.1) is 0 Å². The van der Waals surface area contributed by atoms with Gasteiger partial charge in [0.15, 0.2) is 0 Å². The summed E-state index contributed by atoms with van der Waals surface area (Å²) >= 11 is 3.31. The first kappa shape index (κ1) is 13.0. The Morgan fingerprint density at radius 1 is 1.56 bits per heavy atom. The molecule has 0 spiro atoms. The molecule has 6 heteroatoms. The summed E-state index contributed by atoms with van der Waals surface area (Å²) in [6, 6.07) is 5.29. The molecule has 1 atom stereocenters. The average molecular weight is 313 g/mol. The number of nitrogens with zero attached hydrogens (tertiary/aromatic N) is 1. The monoisotopic (exact) mass is 312 g/mol. The second kappa shape index (κ2) is 5.07. The molecule has 2 amide bonds. The Morgan fingerprint density at radius 3 is 2.83 bits per heavy atom. The lowest BCUT2D eigenvalue weighted by Gasteiger charge is -2.19. The van der Waals surface area contributed by atoms with Crippen LogP contribution in [-0.4, -0.2) is 23.5 Å². The van der Waals surface area contributed by atoms with E-state index in [1.165, 1.54) is 4.90 Å². The molecule has 1 aromatic rings. The molecule has 1 saturated heterocycles. The van der Waals surface area contributed by atoms with Crippen LogP contribution in [0.4, 0.5) is 5.69 Å². The number of carbonyl (C=O) groups is 2.